The maximum Gasteiger partial charge on any atom is 0.356 e. The topological polar surface area (TPSA) is 91.8 Å². The van der Waals surface area contributed by atoms with Gasteiger partial charge in [-0.3, -0.25) is 0 Å². The van der Waals surface area contributed by atoms with Gasteiger partial charge < -0.3 is 20.1 Å². The molecule has 7 heteroatoms. The van der Waals surface area contributed by atoms with Crippen LogP contribution >= 0.6 is 0 Å². The number of carboxylic acids is 1. The number of aromatic carboxylic acids is 1. The first-order chi connectivity index (χ1) is 8.68. The van der Waals surface area contributed by atoms with Gasteiger partial charge in [-0.25, -0.2) is 14.6 Å². The summed E-state index contributed by atoms with van der Waals surface area (Å²) in [4.78, 5) is 28.1. The van der Waals surface area contributed by atoms with Gasteiger partial charge >= 0.3 is 12.0 Å². The van der Waals surface area contributed by atoms with Crippen molar-refractivity contribution in [1.29, 1.82) is 0 Å². The Labute approximate surface area is 103 Å². The van der Waals surface area contributed by atoms with Crippen molar-refractivity contribution < 1.29 is 19.4 Å². The molecule has 1 fully saturated rings. The fourth-order valence-corrected chi connectivity index (χ4v) is 1.64. The standard InChI is InChI=1S/C11H13N3O4/c15-10(16)9-8(2-1-3-12-9)13-11(17)14-4-6-18-7-5-14/h1-3H,4-7H2,(H,13,17)(H,15,16). The normalized spacial score (nSPS) is 15.2. The lowest BCUT2D eigenvalue weighted by Crippen LogP contribution is -2.43. The smallest absolute Gasteiger partial charge is 0.356 e. The zero-order chi connectivity index (χ0) is 13.0. The molecule has 0 saturated carbocycles. The number of carboxylic acid groups (broad SMARTS) is 1. The lowest BCUT2D eigenvalue weighted by molar-refractivity contribution is 0.0564. The average molecular weight is 251 g/mol. The number of morpholine rings is 1. The van der Waals surface area contributed by atoms with Crippen LogP contribution in [0, 0.1) is 0 Å². The Morgan fingerprint density at radius 2 is 2.11 bits per heavy atom. The summed E-state index contributed by atoms with van der Waals surface area (Å²) < 4.78 is 5.13. The fraction of sp³-hybridized carbons (Fsp3) is 0.364. The van der Waals surface area contributed by atoms with Crippen molar-refractivity contribution in [3.05, 3.63) is 24.0 Å². The van der Waals surface area contributed by atoms with Crippen LogP contribution in [-0.2, 0) is 4.74 Å². The van der Waals surface area contributed by atoms with Crippen molar-refractivity contribution in [2.24, 2.45) is 0 Å². The molecule has 2 heterocycles. The Morgan fingerprint density at radius 1 is 1.39 bits per heavy atom. The highest BCUT2D eigenvalue weighted by molar-refractivity contribution is 5.98. The molecule has 96 valence electrons. The summed E-state index contributed by atoms with van der Waals surface area (Å²) in [6, 6.07) is 2.74. The first kappa shape index (κ1) is 12.3. The van der Waals surface area contributed by atoms with Gasteiger partial charge in [0.1, 0.15) is 0 Å². The van der Waals surface area contributed by atoms with Crippen LogP contribution in [0.2, 0.25) is 0 Å². The molecular formula is C11H13N3O4. The lowest BCUT2D eigenvalue weighted by atomic mass is 10.3. The molecule has 0 aromatic carbocycles. The second kappa shape index (κ2) is 5.46. The van der Waals surface area contributed by atoms with Gasteiger partial charge in [-0.15, -0.1) is 0 Å². The van der Waals surface area contributed by atoms with Crippen LogP contribution in [-0.4, -0.2) is 53.3 Å². The first-order valence-corrected chi connectivity index (χ1v) is 5.50. The van der Waals surface area contributed by atoms with E-state index >= 15 is 0 Å². The molecule has 2 amide bonds. The van der Waals surface area contributed by atoms with Crippen LogP contribution in [0.25, 0.3) is 0 Å². The molecule has 0 unspecified atom stereocenters. The number of rotatable bonds is 2. The highest BCUT2D eigenvalue weighted by Crippen LogP contribution is 2.13. The van der Waals surface area contributed by atoms with Gasteiger partial charge in [0.2, 0.25) is 0 Å². The number of anilines is 1. The van der Waals surface area contributed by atoms with Crippen LogP contribution in [0.3, 0.4) is 0 Å². The third-order valence-electron chi connectivity index (χ3n) is 2.55. The number of hydrogen-bond acceptors (Lipinski definition) is 4. The second-order valence-electron chi connectivity index (χ2n) is 3.73. The molecule has 0 radical (unpaired) electrons. The van der Waals surface area contributed by atoms with Gasteiger partial charge in [0, 0.05) is 19.3 Å². The minimum Gasteiger partial charge on any atom is -0.476 e. The van der Waals surface area contributed by atoms with Crippen LogP contribution in [0.4, 0.5) is 10.5 Å². The van der Waals surface area contributed by atoms with E-state index in [9.17, 15) is 9.59 Å². The molecule has 7 nitrogen and oxygen atoms in total. The third-order valence-corrected chi connectivity index (χ3v) is 2.55. The van der Waals surface area contributed by atoms with Crippen molar-refractivity contribution in [1.82, 2.24) is 9.88 Å². The number of nitrogens with zero attached hydrogens (tertiary/aromatic N) is 2. The molecule has 1 aromatic rings. The van der Waals surface area contributed by atoms with E-state index in [0.717, 1.165) is 0 Å². The number of nitrogens with one attached hydrogen (secondary N) is 1. The highest BCUT2D eigenvalue weighted by atomic mass is 16.5. The molecule has 0 atom stereocenters. The summed E-state index contributed by atoms with van der Waals surface area (Å²) in [5, 5.41) is 11.5. The van der Waals surface area contributed by atoms with Crippen molar-refractivity contribution >= 4 is 17.7 Å². The van der Waals surface area contributed by atoms with Gasteiger partial charge in [-0.2, -0.15) is 0 Å². The van der Waals surface area contributed by atoms with E-state index in [2.05, 4.69) is 10.3 Å². The van der Waals surface area contributed by atoms with Crippen molar-refractivity contribution in [3.63, 3.8) is 0 Å². The Kier molecular flexibility index (Phi) is 3.73. The van der Waals surface area contributed by atoms with Gasteiger partial charge in [0.05, 0.1) is 18.9 Å². The monoisotopic (exact) mass is 251 g/mol. The number of hydrogen-bond donors (Lipinski definition) is 2. The summed E-state index contributed by atoms with van der Waals surface area (Å²) in [6.07, 6.45) is 1.37. The van der Waals surface area contributed by atoms with Crippen molar-refractivity contribution in [2.45, 2.75) is 0 Å². The van der Waals surface area contributed by atoms with E-state index < -0.39 is 5.97 Å². The zero-order valence-corrected chi connectivity index (χ0v) is 9.63. The summed E-state index contributed by atoms with van der Waals surface area (Å²) in [5.41, 5.74) is 0.0283. The molecular weight excluding hydrogens is 238 g/mol. The highest BCUT2D eigenvalue weighted by Gasteiger charge is 2.19. The predicted molar refractivity (Wildman–Crippen MR) is 62.6 cm³/mol. The summed E-state index contributed by atoms with van der Waals surface area (Å²) >= 11 is 0. The molecule has 1 aliphatic rings. The number of urea groups is 1. The van der Waals surface area contributed by atoms with E-state index in [1.54, 1.807) is 11.0 Å². The molecule has 0 bridgehead atoms. The largest absolute Gasteiger partial charge is 0.476 e. The van der Waals surface area contributed by atoms with E-state index in [-0.39, 0.29) is 17.4 Å². The van der Waals surface area contributed by atoms with Gasteiger partial charge in [-0.1, -0.05) is 0 Å². The van der Waals surface area contributed by atoms with Gasteiger partial charge in [0.15, 0.2) is 5.69 Å². The predicted octanol–water partition coefficient (Wildman–Crippen LogP) is 0.644. The van der Waals surface area contributed by atoms with Crippen LogP contribution in [0.5, 0.6) is 0 Å². The lowest BCUT2D eigenvalue weighted by Gasteiger charge is -2.27. The minimum atomic E-state index is -1.17. The fourth-order valence-electron chi connectivity index (χ4n) is 1.64. The van der Waals surface area contributed by atoms with Crippen LogP contribution in [0.15, 0.2) is 18.3 Å². The summed E-state index contributed by atoms with van der Waals surface area (Å²) in [7, 11) is 0. The number of pyridine rings is 1. The van der Waals surface area contributed by atoms with Crippen LogP contribution in [0.1, 0.15) is 10.5 Å². The minimum absolute atomic E-state index is 0.167. The SMILES string of the molecule is O=C(O)c1ncccc1NC(=O)N1CCOCC1. The molecule has 1 saturated heterocycles. The molecule has 1 aromatic heterocycles. The molecule has 0 aliphatic carbocycles. The van der Waals surface area contributed by atoms with Gasteiger partial charge in [-0.05, 0) is 12.1 Å². The number of amides is 2. The first-order valence-electron chi connectivity index (χ1n) is 5.50. The van der Waals surface area contributed by atoms with Crippen LogP contribution < -0.4 is 5.32 Å². The van der Waals surface area contributed by atoms with E-state index in [0.29, 0.717) is 26.3 Å². The maximum atomic E-state index is 11.9. The number of aromatic nitrogens is 1. The average Bonchev–Trinajstić information content (AvgIpc) is 2.40. The third kappa shape index (κ3) is 2.75. The van der Waals surface area contributed by atoms with Crippen molar-refractivity contribution in [3.8, 4) is 0 Å². The Hall–Kier alpha value is -2.15. The Morgan fingerprint density at radius 3 is 2.78 bits per heavy atom. The van der Waals surface area contributed by atoms with E-state index in [1.165, 1.54) is 12.3 Å². The van der Waals surface area contributed by atoms with E-state index in [4.69, 9.17) is 9.84 Å². The quantitative estimate of drug-likeness (QED) is 0.805. The summed E-state index contributed by atoms with van der Waals surface area (Å²) in [6.45, 7) is 1.97. The van der Waals surface area contributed by atoms with Gasteiger partial charge in [0.25, 0.3) is 0 Å². The molecule has 2 rings (SSSR count). The zero-order valence-electron chi connectivity index (χ0n) is 9.63. The maximum absolute atomic E-state index is 11.9. The molecule has 18 heavy (non-hydrogen) atoms. The number of carbonyl (C=O) groups is 2. The molecule has 0 spiro atoms. The van der Waals surface area contributed by atoms with E-state index in [1.807, 2.05) is 0 Å². The number of carbonyl (C=O) groups excluding carboxylic acids is 1. The van der Waals surface area contributed by atoms with Crippen molar-refractivity contribution in [2.75, 3.05) is 31.6 Å². The number of ether oxygens (including phenoxy) is 1. The Balaban J connectivity index is 2.08. The molecule has 1 aliphatic heterocycles. The summed E-state index contributed by atoms with van der Waals surface area (Å²) in [5.74, 6) is -1.17. The Bertz CT molecular complexity index is 457. The second-order valence-corrected chi connectivity index (χ2v) is 3.73. The molecule has 2 N–H and O–H groups in total.